The van der Waals surface area contributed by atoms with Crippen molar-refractivity contribution in [2.24, 2.45) is 5.73 Å². The molecular weight excluding hydrogens is 356 g/mol. The highest BCUT2D eigenvalue weighted by atomic mass is 35.5. The molecule has 1 aromatic carbocycles. The summed E-state index contributed by atoms with van der Waals surface area (Å²) in [5.74, 6) is 1.12. The number of benzene rings is 1. The van der Waals surface area contributed by atoms with Gasteiger partial charge in [0.25, 0.3) is 0 Å². The quantitative estimate of drug-likeness (QED) is 0.646. The third-order valence-corrected chi connectivity index (χ3v) is 5.18. The zero-order valence-electron chi connectivity index (χ0n) is 14.1. The summed E-state index contributed by atoms with van der Waals surface area (Å²) in [5, 5.41) is 6.89. The van der Waals surface area contributed by atoms with Gasteiger partial charge in [0, 0.05) is 22.5 Å². The van der Waals surface area contributed by atoms with Crippen LogP contribution < -0.4 is 5.73 Å². The molecule has 0 radical (unpaired) electrons. The largest absolute Gasteiger partial charge is 0.338 e. The second kappa shape index (κ2) is 8.58. The molecule has 132 valence electrons. The number of halogens is 1. The zero-order valence-corrected chi connectivity index (χ0v) is 15.6. The van der Waals surface area contributed by atoms with Crippen molar-refractivity contribution in [2.45, 2.75) is 39.0 Å². The van der Waals surface area contributed by atoms with Gasteiger partial charge < -0.3 is 10.3 Å². The fraction of sp³-hybridized carbons (Fsp3) is 0.333. The first kappa shape index (κ1) is 18.1. The van der Waals surface area contributed by atoms with Gasteiger partial charge in [0.1, 0.15) is 0 Å². The first-order valence-electron chi connectivity index (χ1n) is 8.16. The second-order valence-corrected chi connectivity index (χ2v) is 7.44. The van der Waals surface area contributed by atoms with Gasteiger partial charge >= 0.3 is 0 Å². The van der Waals surface area contributed by atoms with E-state index in [9.17, 15) is 0 Å². The van der Waals surface area contributed by atoms with Gasteiger partial charge in [0.05, 0.1) is 13.1 Å². The van der Waals surface area contributed by atoms with Gasteiger partial charge in [-0.25, -0.2) is 0 Å². The van der Waals surface area contributed by atoms with Crippen LogP contribution in [0.15, 0.2) is 46.3 Å². The number of nitrogens with zero attached hydrogens (tertiary/aromatic N) is 3. The molecule has 0 saturated carbocycles. The van der Waals surface area contributed by atoms with Crippen LogP contribution in [0, 0.1) is 0 Å². The molecule has 0 amide bonds. The highest BCUT2D eigenvalue weighted by molar-refractivity contribution is 7.09. The summed E-state index contributed by atoms with van der Waals surface area (Å²) in [6, 6.07) is 12.5. The molecule has 1 atom stereocenters. The Morgan fingerprint density at radius 2 is 2.04 bits per heavy atom. The molecule has 3 rings (SSSR count). The SMILES string of the molecule is CC(Cc1cccs1)N(Cc1ccc(Cl)cc1)Cc1noc(CN)n1. The smallest absolute Gasteiger partial charge is 0.240 e. The van der Waals surface area contributed by atoms with E-state index in [1.807, 2.05) is 12.1 Å². The second-order valence-electron chi connectivity index (χ2n) is 5.97. The summed E-state index contributed by atoms with van der Waals surface area (Å²) >= 11 is 7.78. The molecule has 25 heavy (non-hydrogen) atoms. The Morgan fingerprint density at radius 3 is 2.68 bits per heavy atom. The molecule has 2 heterocycles. The molecule has 0 saturated heterocycles. The first-order valence-corrected chi connectivity index (χ1v) is 9.42. The molecule has 0 aliphatic carbocycles. The van der Waals surface area contributed by atoms with Crippen molar-refractivity contribution in [3.63, 3.8) is 0 Å². The molecular formula is C18H21ClN4OS. The average Bonchev–Trinajstić information content (AvgIpc) is 3.28. The van der Waals surface area contributed by atoms with Crippen molar-refractivity contribution >= 4 is 22.9 Å². The van der Waals surface area contributed by atoms with E-state index in [0.717, 1.165) is 18.0 Å². The lowest BCUT2D eigenvalue weighted by molar-refractivity contribution is 0.183. The molecule has 1 unspecified atom stereocenters. The molecule has 0 aliphatic heterocycles. The van der Waals surface area contributed by atoms with Crippen LogP contribution in [0.25, 0.3) is 0 Å². The maximum atomic E-state index is 6.00. The Labute approximate surface area is 156 Å². The number of hydrogen-bond donors (Lipinski definition) is 1. The molecule has 0 bridgehead atoms. The van der Waals surface area contributed by atoms with Gasteiger partial charge in [-0.15, -0.1) is 11.3 Å². The summed E-state index contributed by atoms with van der Waals surface area (Å²) in [5.41, 5.74) is 6.76. The van der Waals surface area contributed by atoms with Crippen LogP contribution in [-0.2, 0) is 26.1 Å². The molecule has 5 nitrogen and oxygen atoms in total. The zero-order chi connectivity index (χ0) is 17.6. The van der Waals surface area contributed by atoms with Crippen molar-refractivity contribution in [1.29, 1.82) is 0 Å². The van der Waals surface area contributed by atoms with Crippen LogP contribution in [0.4, 0.5) is 0 Å². The van der Waals surface area contributed by atoms with Crippen LogP contribution in [-0.4, -0.2) is 21.1 Å². The Bertz CT molecular complexity index is 773. The predicted molar refractivity (Wildman–Crippen MR) is 100 cm³/mol. The number of rotatable bonds is 8. The number of nitrogens with two attached hydrogens (primary N) is 1. The lowest BCUT2D eigenvalue weighted by Crippen LogP contribution is -2.34. The normalized spacial score (nSPS) is 12.6. The summed E-state index contributed by atoms with van der Waals surface area (Å²) in [6.45, 7) is 3.88. The van der Waals surface area contributed by atoms with Crippen LogP contribution in [0.1, 0.15) is 29.1 Å². The fourth-order valence-corrected chi connectivity index (χ4v) is 3.61. The van der Waals surface area contributed by atoms with E-state index in [-0.39, 0.29) is 6.54 Å². The van der Waals surface area contributed by atoms with Crippen molar-refractivity contribution in [3.8, 4) is 0 Å². The highest BCUT2D eigenvalue weighted by Gasteiger charge is 2.18. The molecule has 2 aromatic heterocycles. The summed E-state index contributed by atoms with van der Waals surface area (Å²) < 4.78 is 5.14. The third-order valence-electron chi connectivity index (χ3n) is 4.03. The molecule has 7 heteroatoms. The van der Waals surface area contributed by atoms with E-state index in [0.29, 0.717) is 24.3 Å². The number of thiophene rings is 1. The van der Waals surface area contributed by atoms with Crippen molar-refractivity contribution < 1.29 is 4.52 Å². The molecule has 0 aliphatic rings. The predicted octanol–water partition coefficient (Wildman–Crippen LogP) is 3.88. The summed E-state index contributed by atoms with van der Waals surface area (Å²) in [6.07, 6.45) is 0.979. The topological polar surface area (TPSA) is 68.2 Å². The van der Waals surface area contributed by atoms with E-state index in [1.54, 1.807) is 11.3 Å². The lowest BCUT2D eigenvalue weighted by Gasteiger charge is -2.28. The Morgan fingerprint density at radius 1 is 1.24 bits per heavy atom. The van der Waals surface area contributed by atoms with Gasteiger partial charge in [0.2, 0.25) is 5.89 Å². The van der Waals surface area contributed by atoms with Crippen molar-refractivity contribution in [2.75, 3.05) is 0 Å². The maximum absolute atomic E-state index is 6.00. The van der Waals surface area contributed by atoms with E-state index in [4.69, 9.17) is 21.9 Å². The van der Waals surface area contributed by atoms with Gasteiger partial charge in [-0.1, -0.05) is 35.0 Å². The van der Waals surface area contributed by atoms with Crippen LogP contribution >= 0.6 is 22.9 Å². The van der Waals surface area contributed by atoms with Gasteiger partial charge in [-0.3, -0.25) is 4.90 Å². The minimum absolute atomic E-state index is 0.259. The van der Waals surface area contributed by atoms with E-state index < -0.39 is 0 Å². The van der Waals surface area contributed by atoms with Crippen molar-refractivity contribution in [3.05, 3.63) is 69.0 Å². The van der Waals surface area contributed by atoms with E-state index in [1.165, 1.54) is 10.4 Å². The minimum Gasteiger partial charge on any atom is -0.338 e. The Hall–Kier alpha value is -1.73. The fourth-order valence-electron chi connectivity index (χ4n) is 2.66. The van der Waals surface area contributed by atoms with Gasteiger partial charge in [0.15, 0.2) is 5.82 Å². The van der Waals surface area contributed by atoms with E-state index >= 15 is 0 Å². The Kier molecular flexibility index (Phi) is 6.20. The summed E-state index contributed by atoms with van der Waals surface area (Å²) in [7, 11) is 0. The van der Waals surface area contributed by atoms with Crippen LogP contribution in [0.3, 0.4) is 0 Å². The summed E-state index contributed by atoms with van der Waals surface area (Å²) in [4.78, 5) is 8.05. The monoisotopic (exact) mass is 376 g/mol. The average molecular weight is 377 g/mol. The lowest BCUT2D eigenvalue weighted by atomic mass is 10.1. The number of hydrogen-bond acceptors (Lipinski definition) is 6. The molecule has 0 fully saturated rings. The standard InChI is InChI=1S/C18H21ClN4OS/c1-13(9-16-3-2-8-25-16)23(11-14-4-6-15(19)7-5-14)12-17-21-18(10-20)24-22-17/h2-8,13H,9-12,20H2,1H3. The number of aromatic nitrogens is 2. The minimum atomic E-state index is 0.259. The van der Waals surface area contributed by atoms with E-state index in [2.05, 4.69) is 51.6 Å². The molecule has 3 aromatic rings. The van der Waals surface area contributed by atoms with Gasteiger partial charge in [-0.05, 0) is 42.5 Å². The third kappa shape index (κ3) is 5.12. The van der Waals surface area contributed by atoms with Gasteiger partial charge in [-0.2, -0.15) is 4.98 Å². The Balaban J connectivity index is 1.75. The molecule has 2 N–H and O–H groups in total. The van der Waals surface area contributed by atoms with Crippen molar-refractivity contribution in [1.82, 2.24) is 15.0 Å². The first-order chi connectivity index (χ1) is 12.1. The molecule has 0 spiro atoms. The highest BCUT2D eigenvalue weighted by Crippen LogP contribution is 2.19. The maximum Gasteiger partial charge on any atom is 0.240 e. The van der Waals surface area contributed by atoms with Crippen LogP contribution in [0.2, 0.25) is 5.02 Å². The van der Waals surface area contributed by atoms with Crippen LogP contribution in [0.5, 0.6) is 0 Å².